The van der Waals surface area contributed by atoms with Crippen molar-refractivity contribution in [3.63, 3.8) is 0 Å². The van der Waals surface area contributed by atoms with Gasteiger partial charge in [0.2, 0.25) is 5.91 Å². The van der Waals surface area contributed by atoms with Crippen molar-refractivity contribution in [2.75, 3.05) is 18.9 Å². The molecule has 2 aromatic rings. The predicted octanol–water partition coefficient (Wildman–Crippen LogP) is 2.39. The van der Waals surface area contributed by atoms with Crippen molar-refractivity contribution in [2.45, 2.75) is 26.8 Å². The van der Waals surface area contributed by atoms with Gasteiger partial charge in [0.15, 0.2) is 5.96 Å². The van der Waals surface area contributed by atoms with Gasteiger partial charge >= 0.3 is 0 Å². The largest absolute Gasteiger partial charge is 0.356 e. The second-order valence-electron chi connectivity index (χ2n) is 5.80. The molecule has 0 spiro atoms. The van der Waals surface area contributed by atoms with Crippen molar-refractivity contribution in [1.82, 2.24) is 15.6 Å². The number of pyridine rings is 1. The number of nitrogens with zero attached hydrogens (tertiary/aromatic N) is 2. The minimum Gasteiger partial charge on any atom is -0.356 e. The molecule has 0 aliphatic rings. The number of aromatic nitrogens is 1. The summed E-state index contributed by atoms with van der Waals surface area (Å²) in [5.74, 6) is 1.15. The van der Waals surface area contributed by atoms with E-state index in [9.17, 15) is 4.79 Å². The first kappa shape index (κ1) is 18.4. The number of guanidine groups is 1. The fraction of sp³-hybridized carbons (Fsp3) is 0.316. The minimum absolute atomic E-state index is 0.0850. The Labute approximate surface area is 148 Å². The molecule has 1 heterocycles. The molecule has 25 heavy (non-hydrogen) atoms. The summed E-state index contributed by atoms with van der Waals surface area (Å²) in [5, 5.41) is 9.17. The van der Waals surface area contributed by atoms with Crippen molar-refractivity contribution in [3.8, 4) is 0 Å². The molecule has 6 heteroatoms. The summed E-state index contributed by atoms with van der Waals surface area (Å²) in [4.78, 5) is 20.3. The Balaban J connectivity index is 1.72. The third-order valence-corrected chi connectivity index (χ3v) is 3.75. The van der Waals surface area contributed by atoms with Crippen LogP contribution in [0.5, 0.6) is 0 Å². The SMILES string of the molecule is CN=C(NCCC(=O)Nc1ccc(C)cn1)NCc1ccccc1C. The van der Waals surface area contributed by atoms with Crippen LogP contribution in [0.4, 0.5) is 5.82 Å². The summed E-state index contributed by atoms with van der Waals surface area (Å²) >= 11 is 0. The first-order valence-corrected chi connectivity index (χ1v) is 8.30. The Morgan fingerprint density at radius 3 is 2.60 bits per heavy atom. The van der Waals surface area contributed by atoms with E-state index in [1.807, 2.05) is 25.1 Å². The fourth-order valence-corrected chi connectivity index (χ4v) is 2.25. The van der Waals surface area contributed by atoms with Crippen molar-refractivity contribution in [2.24, 2.45) is 4.99 Å². The van der Waals surface area contributed by atoms with E-state index in [2.05, 4.69) is 45.0 Å². The molecule has 0 atom stereocenters. The van der Waals surface area contributed by atoms with Crippen LogP contribution >= 0.6 is 0 Å². The number of hydrogen-bond donors (Lipinski definition) is 3. The molecule has 0 radical (unpaired) electrons. The molecule has 0 aliphatic carbocycles. The molecule has 132 valence electrons. The second-order valence-corrected chi connectivity index (χ2v) is 5.80. The zero-order valence-corrected chi connectivity index (χ0v) is 15.0. The molecule has 0 bridgehead atoms. The zero-order valence-electron chi connectivity index (χ0n) is 15.0. The molecule has 1 aromatic carbocycles. The number of anilines is 1. The highest BCUT2D eigenvalue weighted by atomic mass is 16.1. The smallest absolute Gasteiger partial charge is 0.227 e. The number of nitrogens with one attached hydrogen (secondary N) is 3. The van der Waals surface area contributed by atoms with Crippen LogP contribution in [0.15, 0.2) is 47.6 Å². The van der Waals surface area contributed by atoms with Crippen LogP contribution in [0.1, 0.15) is 23.1 Å². The number of benzene rings is 1. The number of aliphatic imine (C=N–C) groups is 1. The average molecular weight is 339 g/mol. The summed E-state index contributed by atoms with van der Waals surface area (Å²) in [7, 11) is 1.71. The third kappa shape index (κ3) is 6.25. The first-order valence-electron chi connectivity index (χ1n) is 8.30. The number of carbonyl (C=O) groups excluding carboxylic acids is 1. The van der Waals surface area contributed by atoms with Crippen molar-refractivity contribution < 1.29 is 4.79 Å². The lowest BCUT2D eigenvalue weighted by molar-refractivity contribution is -0.116. The van der Waals surface area contributed by atoms with E-state index >= 15 is 0 Å². The summed E-state index contributed by atoms with van der Waals surface area (Å²) in [6, 6.07) is 11.9. The first-order chi connectivity index (χ1) is 12.1. The maximum Gasteiger partial charge on any atom is 0.227 e. The van der Waals surface area contributed by atoms with E-state index in [4.69, 9.17) is 0 Å². The molecule has 1 aromatic heterocycles. The quantitative estimate of drug-likeness (QED) is 0.558. The molecular weight excluding hydrogens is 314 g/mol. The highest BCUT2D eigenvalue weighted by Gasteiger charge is 2.05. The number of hydrogen-bond acceptors (Lipinski definition) is 3. The van der Waals surface area contributed by atoms with Gasteiger partial charge < -0.3 is 16.0 Å². The second kappa shape index (κ2) is 9.42. The van der Waals surface area contributed by atoms with Crippen LogP contribution in [-0.4, -0.2) is 30.4 Å². The van der Waals surface area contributed by atoms with Gasteiger partial charge in [-0.1, -0.05) is 30.3 Å². The predicted molar refractivity (Wildman–Crippen MR) is 102 cm³/mol. The van der Waals surface area contributed by atoms with Crippen molar-refractivity contribution >= 4 is 17.7 Å². The average Bonchev–Trinajstić information content (AvgIpc) is 2.61. The fourth-order valence-electron chi connectivity index (χ4n) is 2.25. The molecule has 2 rings (SSSR count). The molecular formula is C19H25N5O. The van der Waals surface area contributed by atoms with Crippen LogP contribution < -0.4 is 16.0 Å². The Morgan fingerprint density at radius 2 is 1.92 bits per heavy atom. The Bertz CT molecular complexity index is 725. The lowest BCUT2D eigenvalue weighted by atomic mass is 10.1. The van der Waals surface area contributed by atoms with Crippen LogP contribution in [-0.2, 0) is 11.3 Å². The van der Waals surface area contributed by atoms with E-state index in [0.717, 1.165) is 5.56 Å². The van der Waals surface area contributed by atoms with E-state index in [1.165, 1.54) is 11.1 Å². The molecule has 3 N–H and O–H groups in total. The maximum atomic E-state index is 11.9. The molecule has 0 aliphatic heterocycles. The molecule has 0 fully saturated rings. The van der Waals surface area contributed by atoms with Crippen molar-refractivity contribution in [3.05, 3.63) is 59.3 Å². The zero-order chi connectivity index (χ0) is 18.1. The highest BCUT2D eigenvalue weighted by molar-refractivity contribution is 5.90. The van der Waals surface area contributed by atoms with Gasteiger partial charge in [0.05, 0.1) is 0 Å². The Hall–Kier alpha value is -2.89. The maximum absolute atomic E-state index is 11.9. The van der Waals surface area contributed by atoms with Gasteiger partial charge in [0, 0.05) is 32.8 Å². The van der Waals surface area contributed by atoms with Gasteiger partial charge in [-0.25, -0.2) is 4.98 Å². The lowest BCUT2D eigenvalue weighted by Crippen LogP contribution is -2.38. The Morgan fingerprint density at radius 1 is 1.12 bits per heavy atom. The summed E-state index contributed by atoms with van der Waals surface area (Å²) in [5.41, 5.74) is 3.51. The van der Waals surface area contributed by atoms with E-state index in [1.54, 1.807) is 19.3 Å². The third-order valence-electron chi connectivity index (χ3n) is 3.75. The lowest BCUT2D eigenvalue weighted by Gasteiger charge is -2.13. The highest BCUT2D eigenvalue weighted by Crippen LogP contribution is 2.06. The summed E-state index contributed by atoms with van der Waals surface area (Å²) in [6.45, 7) is 5.21. The summed E-state index contributed by atoms with van der Waals surface area (Å²) < 4.78 is 0. The normalized spacial score (nSPS) is 11.1. The van der Waals surface area contributed by atoms with Crippen LogP contribution in [0, 0.1) is 13.8 Å². The van der Waals surface area contributed by atoms with E-state index < -0.39 is 0 Å². The number of rotatable bonds is 6. The standard InChI is InChI=1S/C19H25N5O/c1-14-8-9-17(22-12-14)24-18(25)10-11-21-19(20-3)23-13-16-7-5-4-6-15(16)2/h4-9,12H,10-11,13H2,1-3H3,(H2,20,21,23)(H,22,24,25). The van der Waals surface area contributed by atoms with Gasteiger partial charge in [-0.05, 0) is 36.6 Å². The van der Waals surface area contributed by atoms with E-state index in [-0.39, 0.29) is 5.91 Å². The number of amides is 1. The van der Waals surface area contributed by atoms with Crippen LogP contribution in [0.3, 0.4) is 0 Å². The number of carbonyl (C=O) groups is 1. The molecule has 0 unspecified atom stereocenters. The number of aryl methyl sites for hydroxylation is 2. The van der Waals surface area contributed by atoms with Crippen LogP contribution in [0.25, 0.3) is 0 Å². The van der Waals surface area contributed by atoms with Gasteiger partial charge in [-0.3, -0.25) is 9.79 Å². The van der Waals surface area contributed by atoms with Gasteiger partial charge in [-0.2, -0.15) is 0 Å². The molecule has 1 amide bonds. The molecule has 0 saturated carbocycles. The summed E-state index contributed by atoms with van der Waals surface area (Å²) in [6.07, 6.45) is 2.06. The minimum atomic E-state index is -0.0850. The van der Waals surface area contributed by atoms with Gasteiger partial charge in [0.1, 0.15) is 5.82 Å². The monoisotopic (exact) mass is 339 g/mol. The van der Waals surface area contributed by atoms with Gasteiger partial charge in [0.25, 0.3) is 0 Å². The van der Waals surface area contributed by atoms with E-state index in [0.29, 0.717) is 31.3 Å². The van der Waals surface area contributed by atoms with Crippen molar-refractivity contribution in [1.29, 1.82) is 0 Å². The topological polar surface area (TPSA) is 78.4 Å². The molecule has 0 saturated heterocycles. The Kier molecular flexibility index (Phi) is 6.95. The van der Waals surface area contributed by atoms with Crippen LogP contribution in [0.2, 0.25) is 0 Å². The van der Waals surface area contributed by atoms with Gasteiger partial charge in [-0.15, -0.1) is 0 Å². The molecule has 6 nitrogen and oxygen atoms in total.